The summed E-state index contributed by atoms with van der Waals surface area (Å²) < 4.78 is 26.3. The molecule has 4 N–H and O–H groups in total. The maximum absolute atomic E-state index is 12.5. The highest BCUT2D eigenvalue weighted by Crippen LogP contribution is 2.46. The monoisotopic (exact) mass is 492 g/mol. The Bertz CT molecular complexity index is 1090. The summed E-state index contributed by atoms with van der Waals surface area (Å²) in [5.41, 5.74) is 0.848. The van der Waals surface area contributed by atoms with Gasteiger partial charge < -0.3 is 44.1 Å². The van der Waals surface area contributed by atoms with Gasteiger partial charge in [-0.05, 0) is 57.5 Å². The van der Waals surface area contributed by atoms with Gasteiger partial charge in [-0.2, -0.15) is 0 Å². The molecule has 1 aliphatic rings. The van der Waals surface area contributed by atoms with Crippen LogP contribution in [-0.4, -0.2) is 58.0 Å². The smallest absolute Gasteiger partial charge is 0.338 e. The van der Waals surface area contributed by atoms with Crippen LogP contribution in [0.2, 0.25) is 0 Å². The van der Waals surface area contributed by atoms with E-state index in [0.717, 1.165) is 0 Å². The van der Waals surface area contributed by atoms with Crippen molar-refractivity contribution in [3.8, 4) is 28.4 Å². The summed E-state index contributed by atoms with van der Waals surface area (Å²) in [6.45, 7) is 1.95. The third kappa shape index (κ3) is 6.20. The van der Waals surface area contributed by atoms with E-state index in [1.165, 1.54) is 12.1 Å². The highest BCUT2D eigenvalue weighted by atomic mass is 16.8. The molecule has 0 amide bonds. The molecule has 0 aromatic heterocycles. The second-order valence-corrected chi connectivity index (χ2v) is 8.73. The summed E-state index contributed by atoms with van der Waals surface area (Å²) in [7, 11) is 0. The van der Waals surface area contributed by atoms with Crippen LogP contribution in [0.5, 0.6) is 17.2 Å². The minimum Gasteiger partial charge on any atom is -0.488 e. The molecule has 35 heavy (non-hydrogen) atoms. The summed E-state index contributed by atoms with van der Waals surface area (Å²) in [6, 6.07) is 7.74. The fraction of sp³-hybridized carbons (Fsp3) is 0.417. The first kappa shape index (κ1) is 26.2. The average Bonchev–Trinajstić information content (AvgIpc) is 3.12. The Labute approximate surface area is 201 Å². The fourth-order valence-electron chi connectivity index (χ4n) is 3.32. The zero-order valence-corrected chi connectivity index (χ0v) is 19.7. The molecule has 0 aliphatic carbocycles. The number of carbonyl (C=O) groups excluding carboxylic acids is 2. The van der Waals surface area contributed by atoms with Crippen LogP contribution in [-0.2, 0) is 20.9 Å². The minimum atomic E-state index is -2.31. The van der Waals surface area contributed by atoms with E-state index in [0.29, 0.717) is 22.3 Å². The third-order valence-corrected chi connectivity index (χ3v) is 5.00. The lowest BCUT2D eigenvalue weighted by Gasteiger charge is -2.26. The number of hydrogen-bond donors (Lipinski definition) is 4. The van der Waals surface area contributed by atoms with Crippen LogP contribution in [0.15, 0.2) is 30.3 Å². The molecule has 0 bridgehead atoms. The van der Waals surface area contributed by atoms with Crippen LogP contribution in [0.25, 0.3) is 11.1 Å². The van der Waals surface area contributed by atoms with Crippen molar-refractivity contribution in [3.63, 3.8) is 0 Å². The SMILES string of the molecule is CC(C)OC(=O)C(C)(C)COc1c(-c2ccc3c(c2)COC3=O)ccc(OC(O)O)c1OC(O)O. The third-order valence-electron chi connectivity index (χ3n) is 5.00. The van der Waals surface area contributed by atoms with Crippen molar-refractivity contribution in [1.82, 2.24) is 0 Å². The van der Waals surface area contributed by atoms with Gasteiger partial charge in [-0.25, -0.2) is 4.79 Å². The zero-order chi connectivity index (χ0) is 25.9. The number of aliphatic hydroxyl groups excluding tert-OH is 2. The van der Waals surface area contributed by atoms with Crippen LogP contribution in [0.3, 0.4) is 0 Å². The van der Waals surface area contributed by atoms with Crippen LogP contribution in [0, 0.1) is 5.41 Å². The van der Waals surface area contributed by atoms with E-state index in [-0.39, 0.29) is 36.6 Å². The Morgan fingerprint density at radius 1 is 1.00 bits per heavy atom. The van der Waals surface area contributed by atoms with Crippen molar-refractivity contribution >= 4 is 11.9 Å². The second-order valence-electron chi connectivity index (χ2n) is 8.73. The van der Waals surface area contributed by atoms with Gasteiger partial charge in [0.15, 0.2) is 11.5 Å². The quantitative estimate of drug-likeness (QED) is 0.282. The lowest BCUT2D eigenvalue weighted by molar-refractivity contribution is -0.193. The summed E-state index contributed by atoms with van der Waals surface area (Å²) in [5.74, 6) is -1.67. The van der Waals surface area contributed by atoms with Gasteiger partial charge in [0.25, 0.3) is 0 Å². The van der Waals surface area contributed by atoms with E-state index in [9.17, 15) is 30.0 Å². The van der Waals surface area contributed by atoms with Crippen molar-refractivity contribution in [2.24, 2.45) is 5.41 Å². The van der Waals surface area contributed by atoms with E-state index >= 15 is 0 Å². The molecular weight excluding hydrogens is 464 g/mol. The molecule has 2 aromatic rings. The van der Waals surface area contributed by atoms with Gasteiger partial charge in [0.1, 0.15) is 13.2 Å². The molecule has 3 rings (SSSR count). The Hall–Kier alpha value is -3.38. The molecular formula is C24H28O11. The molecule has 0 fully saturated rings. The Morgan fingerprint density at radius 2 is 1.66 bits per heavy atom. The first-order chi connectivity index (χ1) is 16.4. The first-order valence-corrected chi connectivity index (χ1v) is 10.8. The Kier molecular flexibility index (Phi) is 7.86. The Morgan fingerprint density at radius 3 is 2.29 bits per heavy atom. The van der Waals surface area contributed by atoms with E-state index < -0.39 is 30.3 Å². The van der Waals surface area contributed by atoms with Gasteiger partial charge in [-0.15, -0.1) is 0 Å². The highest BCUT2D eigenvalue weighted by molar-refractivity contribution is 5.94. The molecule has 190 valence electrons. The summed E-state index contributed by atoms with van der Waals surface area (Å²) in [4.78, 5) is 24.4. The van der Waals surface area contributed by atoms with Crippen molar-refractivity contribution in [1.29, 1.82) is 0 Å². The molecule has 0 radical (unpaired) electrons. The van der Waals surface area contributed by atoms with E-state index in [1.807, 2.05) is 0 Å². The lowest BCUT2D eigenvalue weighted by Crippen LogP contribution is -2.34. The second kappa shape index (κ2) is 10.5. The number of rotatable bonds is 10. The largest absolute Gasteiger partial charge is 0.488 e. The topological polar surface area (TPSA) is 161 Å². The Balaban J connectivity index is 2.09. The average molecular weight is 492 g/mol. The molecule has 11 nitrogen and oxygen atoms in total. The van der Waals surface area contributed by atoms with Crippen molar-refractivity contribution < 1.29 is 53.7 Å². The van der Waals surface area contributed by atoms with Gasteiger partial charge in [-0.3, -0.25) is 4.79 Å². The van der Waals surface area contributed by atoms with Crippen molar-refractivity contribution in [3.05, 3.63) is 41.5 Å². The standard InChI is InChI=1S/C24H28O11/c1-12(2)33-21(26)24(3,4)11-32-18-15(13-5-6-16-14(9-13)10-31-20(16)25)7-8-17(34-22(27)28)19(18)35-23(29)30/h5-9,12,22-23,27-30H,10-11H2,1-4H3. The van der Waals surface area contributed by atoms with Crippen LogP contribution < -0.4 is 14.2 Å². The van der Waals surface area contributed by atoms with Gasteiger partial charge >= 0.3 is 24.9 Å². The molecule has 0 saturated heterocycles. The molecule has 2 aromatic carbocycles. The van der Waals surface area contributed by atoms with Crippen molar-refractivity contribution in [2.75, 3.05) is 6.61 Å². The molecule has 11 heteroatoms. The van der Waals surface area contributed by atoms with E-state index in [1.54, 1.807) is 45.9 Å². The van der Waals surface area contributed by atoms with Gasteiger partial charge in [0.2, 0.25) is 5.75 Å². The number of carbonyl (C=O) groups is 2. The molecule has 0 atom stereocenters. The van der Waals surface area contributed by atoms with Gasteiger partial charge in [0, 0.05) is 11.1 Å². The number of fused-ring (bicyclic) bond motifs is 1. The van der Waals surface area contributed by atoms with Gasteiger partial charge in [-0.1, -0.05) is 6.07 Å². The summed E-state index contributed by atoms with van der Waals surface area (Å²) in [5, 5.41) is 37.6. The predicted octanol–water partition coefficient (Wildman–Crippen LogP) is 1.67. The van der Waals surface area contributed by atoms with Crippen molar-refractivity contribution in [2.45, 2.75) is 53.4 Å². The molecule has 0 spiro atoms. The maximum atomic E-state index is 12.5. The maximum Gasteiger partial charge on any atom is 0.338 e. The molecule has 0 unspecified atom stereocenters. The van der Waals surface area contributed by atoms with Crippen LogP contribution in [0.1, 0.15) is 43.6 Å². The summed E-state index contributed by atoms with van der Waals surface area (Å²) >= 11 is 0. The zero-order valence-electron chi connectivity index (χ0n) is 19.7. The number of ether oxygens (including phenoxy) is 5. The first-order valence-electron chi connectivity index (χ1n) is 10.8. The predicted molar refractivity (Wildman–Crippen MR) is 119 cm³/mol. The fourth-order valence-corrected chi connectivity index (χ4v) is 3.32. The minimum absolute atomic E-state index is 0.0770. The van der Waals surface area contributed by atoms with Crippen LogP contribution in [0.4, 0.5) is 0 Å². The normalized spacial score (nSPS) is 13.2. The number of esters is 2. The molecule has 1 aliphatic heterocycles. The lowest BCUT2D eigenvalue weighted by atomic mass is 9.94. The molecule has 0 saturated carbocycles. The van der Waals surface area contributed by atoms with E-state index in [2.05, 4.69) is 0 Å². The van der Waals surface area contributed by atoms with Gasteiger partial charge in [0.05, 0.1) is 17.1 Å². The summed E-state index contributed by atoms with van der Waals surface area (Å²) in [6.07, 6.45) is -0.347. The number of hydrogen-bond acceptors (Lipinski definition) is 11. The molecule has 1 heterocycles. The number of benzene rings is 2. The number of aliphatic hydroxyl groups is 4. The van der Waals surface area contributed by atoms with E-state index in [4.69, 9.17) is 23.7 Å². The van der Waals surface area contributed by atoms with Crippen LogP contribution >= 0.6 is 0 Å². The number of cyclic esters (lactones) is 1. The highest BCUT2D eigenvalue weighted by Gasteiger charge is 2.33.